The Kier molecular flexibility index (Phi) is 3.17. The van der Waals surface area contributed by atoms with Crippen molar-refractivity contribution in [1.82, 2.24) is 9.78 Å². The molecule has 4 nitrogen and oxygen atoms in total. The normalized spacial score (nSPS) is 28.9. The van der Waals surface area contributed by atoms with Crippen molar-refractivity contribution in [2.24, 2.45) is 5.92 Å². The Bertz CT molecular complexity index is 400. The largest absolute Gasteiger partial charge is 0.493 e. The average Bonchev–Trinajstić information content (AvgIpc) is 2.84. The summed E-state index contributed by atoms with van der Waals surface area (Å²) < 4.78 is 7.25. The van der Waals surface area contributed by atoms with Crippen LogP contribution in [0.4, 0.5) is 0 Å². The lowest BCUT2D eigenvalue weighted by Gasteiger charge is -2.30. The van der Waals surface area contributed by atoms with Gasteiger partial charge in [-0.15, -0.1) is 0 Å². The van der Waals surface area contributed by atoms with Gasteiger partial charge in [-0.05, 0) is 39.0 Å². The molecule has 2 atom stereocenters. The molecule has 96 valence electrons. The summed E-state index contributed by atoms with van der Waals surface area (Å²) in [6.45, 7) is 6.24. The van der Waals surface area contributed by atoms with Crippen LogP contribution in [-0.4, -0.2) is 22.0 Å². The molecule has 0 saturated heterocycles. The van der Waals surface area contributed by atoms with Crippen LogP contribution in [0.3, 0.4) is 0 Å². The van der Waals surface area contributed by atoms with Crippen LogP contribution >= 0.6 is 0 Å². The molecular formula is C13H22N2O2. The molecule has 2 rings (SSSR count). The van der Waals surface area contributed by atoms with Crippen molar-refractivity contribution < 1.29 is 9.84 Å². The minimum atomic E-state index is -0.786. The molecule has 1 N–H and O–H groups in total. The Morgan fingerprint density at radius 3 is 2.76 bits per heavy atom. The van der Waals surface area contributed by atoms with Crippen molar-refractivity contribution in [1.29, 1.82) is 0 Å². The summed E-state index contributed by atoms with van der Waals surface area (Å²) in [5.41, 5.74) is 0.0616. The number of aliphatic hydroxyl groups is 1. The van der Waals surface area contributed by atoms with Crippen LogP contribution in [0, 0.1) is 5.92 Å². The SMILES string of the molecule is COc1cnn(C(C)C)c1C1(O)CCCC1C. The third kappa shape index (κ3) is 1.84. The van der Waals surface area contributed by atoms with Crippen molar-refractivity contribution in [2.45, 2.75) is 51.7 Å². The van der Waals surface area contributed by atoms with E-state index >= 15 is 0 Å². The standard InChI is InChI=1S/C13H22N2O2/c1-9(2)15-12(11(17-4)8-14-15)13(16)7-5-6-10(13)3/h8-10,16H,5-7H2,1-4H3. The lowest BCUT2D eigenvalue weighted by atomic mass is 9.88. The van der Waals surface area contributed by atoms with Gasteiger partial charge in [0.25, 0.3) is 0 Å². The maximum atomic E-state index is 10.9. The molecular weight excluding hydrogens is 216 g/mol. The van der Waals surface area contributed by atoms with Crippen LogP contribution < -0.4 is 4.74 Å². The zero-order chi connectivity index (χ0) is 12.6. The second-order valence-corrected chi connectivity index (χ2v) is 5.32. The fraction of sp³-hybridized carbons (Fsp3) is 0.769. The van der Waals surface area contributed by atoms with Crippen molar-refractivity contribution in [2.75, 3.05) is 7.11 Å². The molecule has 4 heteroatoms. The van der Waals surface area contributed by atoms with E-state index < -0.39 is 5.60 Å². The van der Waals surface area contributed by atoms with Crippen molar-refractivity contribution in [3.63, 3.8) is 0 Å². The summed E-state index contributed by atoms with van der Waals surface area (Å²) >= 11 is 0. The van der Waals surface area contributed by atoms with Crippen LogP contribution in [0.1, 0.15) is 51.8 Å². The number of methoxy groups -OCH3 is 1. The first-order valence-corrected chi connectivity index (χ1v) is 6.35. The highest BCUT2D eigenvalue weighted by Gasteiger charge is 2.44. The van der Waals surface area contributed by atoms with E-state index in [0.717, 1.165) is 25.0 Å². The smallest absolute Gasteiger partial charge is 0.162 e. The molecule has 1 saturated carbocycles. The minimum Gasteiger partial charge on any atom is -0.493 e. The maximum Gasteiger partial charge on any atom is 0.162 e. The second kappa shape index (κ2) is 4.33. The first kappa shape index (κ1) is 12.4. The Morgan fingerprint density at radius 2 is 2.29 bits per heavy atom. The molecule has 1 heterocycles. The number of ether oxygens (including phenoxy) is 1. The first-order valence-electron chi connectivity index (χ1n) is 6.35. The van der Waals surface area contributed by atoms with Crippen LogP contribution in [0.25, 0.3) is 0 Å². The Labute approximate surface area is 103 Å². The van der Waals surface area contributed by atoms with Gasteiger partial charge in [0.2, 0.25) is 0 Å². The molecule has 1 aromatic rings. The van der Waals surface area contributed by atoms with Gasteiger partial charge >= 0.3 is 0 Å². The van der Waals surface area contributed by atoms with Crippen LogP contribution in [0.2, 0.25) is 0 Å². The summed E-state index contributed by atoms with van der Waals surface area (Å²) in [5.74, 6) is 0.959. The summed E-state index contributed by atoms with van der Waals surface area (Å²) in [6.07, 6.45) is 4.62. The van der Waals surface area contributed by atoms with Crippen molar-refractivity contribution >= 4 is 0 Å². The predicted octanol–water partition coefficient (Wildman–Crippen LogP) is 2.48. The highest BCUT2D eigenvalue weighted by Crippen LogP contribution is 2.46. The van der Waals surface area contributed by atoms with Gasteiger partial charge in [0.15, 0.2) is 5.75 Å². The van der Waals surface area contributed by atoms with Crippen molar-refractivity contribution in [3.05, 3.63) is 11.9 Å². The molecule has 1 fully saturated rings. The van der Waals surface area contributed by atoms with E-state index in [9.17, 15) is 5.11 Å². The lowest BCUT2D eigenvalue weighted by Crippen LogP contribution is -2.32. The topological polar surface area (TPSA) is 47.3 Å². The molecule has 0 aromatic carbocycles. The number of aromatic nitrogens is 2. The van der Waals surface area contributed by atoms with Crippen molar-refractivity contribution in [3.8, 4) is 5.75 Å². The third-order valence-corrected chi connectivity index (χ3v) is 3.89. The van der Waals surface area contributed by atoms with E-state index in [1.54, 1.807) is 13.3 Å². The van der Waals surface area contributed by atoms with Gasteiger partial charge in [0.05, 0.1) is 13.3 Å². The Balaban J connectivity index is 2.52. The summed E-state index contributed by atoms with van der Waals surface area (Å²) in [7, 11) is 1.63. The number of nitrogens with zero attached hydrogens (tertiary/aromatic N) is 2. The molecule has 2 unspecified atom stereocenters. The molecule has 0 amide bonds. The summed E-state index contributed by atoms with van der Waals surface area (Å²) in [5, 5.41) is 15.3. The van der Waals surface area contributed by atoms with Gasteiger partial charge in [-0.1, -0.05) is 6.92 Å². The minimum absolute atomic E-state index is 0.228. The molecule has 0 spiro atoms. The fourth-order valence-electron chi connectivity index (χ4n) is 2.81. The third-order valence-electron chi connectivity index (χ3n) is 3.89. The summed E-state index contributed by atoms with van der Waals surface area (Å²) in [6, 6.07) is 0.228. The van der Waals surface area contributed by atoms with Crippen LogP contribution in [0.5, 0.6) is 5.75 Å². The molecule has 0 radical (unpaired) electrons. The van der Waals surface area contributed by atoms with Gasteiger partial charge in [-0.2, -0.15) is 5.10 Å². The number of hydrogen-bond acceptors (Lipinski definition) is 3. The zero-order valence-corrected chi connectivity index (χ0v) is 11.1. The van der Waals surface area contributed by atoms with Gasteiger partial charge in [-0.25, -0.2) is 0 Å². The van der Waals surface area contributed by atoms with E-state index in [-0.39, 0.29) is 12.0 Å². The van der Waals surface area contributed by atoms with Gasteiger partial charge in [0, 0.05) is 6.04 Å². The number of rotatable bonds is 3. The average molecular weight is 238 g/mol. The van der Waals surface area contributed by atoms with E-state index in [2.05, 4.69) is 25.9 Å². The van der Waals surface area contributed by atoms with E-state index in [0.29, 0.717) is 5.75 Å². The molecule has 1 aliphatic carbocycles. The number of hydrogen-bond donors (Lipinski definition) is 1. The van der Waals surface area contributed by atoms with Gasteiger partial charge in [0.1, 0.15) is 11.3 Å². The van der Waals surface area contributed by atoms with Crippen LogP contribution in [0.15, 0.2) is 6.20 Å². The Hall–Kier alpha value is -1.03. The van der Waals surface area contributed by atoms with E-state index in [4.69, 9.17) is 4.74 Å². The molecule has 0 aliphatic heterocycles. The quantitative estimate of drug-likeness (QED) is 0.880. The maximum absolute atomic E-state index is 10.9. The molecule has 1 aliphatic rings. The Morgan fingerprint density at radius 1 is 1.59 bits per heavy atom. The predicted molar refractivity (Wildman–Crippen MR) is 66.1 cm³/mol. The fourth-order valence-corrected chi connectivity index (χ4v) is 2.81. The van der Waals surface area contributed by atoms with E-state index in [1.165, 1.54) is 0 Å². The van der Waals surface area contributed by atoms with Crippen LogP contribution in [-0.2, 0) is 5.60 Å². The molecule has 1 aromatic heterocycles. The summed E-state index contributed by atoms with van der Waals surface area (Å²) in [4.78, 5) is 0. The highest BCUT2D eigenvalue weighted by molar-refractivity contribution is 5.32. The zero-order valence-electron chi connectivity index (χ0n) is 11.1. The monoisotopic (exact) mass is 238 g/mol. The second-order valence-electron chi connectivity index (χ2n) is 5.32. The molecule has 17 heavy (non-hydrogen) atoms. The first-order chi connectivity index (χ1) is 8.00. The molecule has 0 bridgehead atoms. The van der Waals surface area contributed by atoms with Gasteiger partial charge < -0.3 is 9.84 Å². The van der Waals surface area contributed by atoms with Gasteiger partial charge in [-0.3, -0.25) is 4.68 Å². The lowest BCUT2D eigenvalue weighted by molar-refractivity contribution is -0.00707. The highest BCUT2D eigenvalue weighted by atomic mass is 16.5. The van der Waals surface area contributed by atoms with E-state index in [1.807, 2.05) is 4.68 Å².